The van der Waals surface area contributed by atoms with E-state index in [9.17, 15) is 9.18 Å². The smallest absolute Gasteiger partial charge is 0.263 e. The average Bonchev–Trinajstić information content (AvgIpc) is 2.91. The fraction of sp³-hybridized carbons (Fsp3) is 0.276. The lowest BCUT2D eigenvalue weighted by molar-refractivity contribution is 0.628. The maximum absolute atomic E-state index is 13.7. The highest BCUT2D eigenvalue weighted by Gasteiger charge is 2.20. The van der Waals surface area contributed by atoms with Gasteiger partial charge >= 0.3 is 0 Å². The van der Waals surface area contributed by atoms with Crippen LogP contribution in [0.3, 0.4) is 0 Å². The van der Waals surface area contributed by atoms with E-state index in [4.69, 9.17) is 4.98 Å². The van der Waals surface area contributed by atoms with Gasteiger partial charge in [0.15, 0.2) is 0 Å². The summed E-state index contributed by atoms with van der Waals surface area (Å²) >= 11 is 0. The minimum absolute atomic E-state index is 0.216. The second-order valence-corrected chi connectivity index (χ2v) is 8.62. The summed E-state index contributed by atoms with van der Waals surface area (Å²) < 4.78 is 15.2. The zero-order valence-corrected chi connectivity index (χ0v) is 21.0. The lowest BCUT2D eigenvalue weighted by Crippen LogP contribution is -2.25. The molecule has 6 nitrogen and oxygen atoms in total. The van der Waals surface area contributed by atoms with Gasteiger partial charge in [0.05, 0.1) is 11.3 Å². The Bertz CT molecular complexity index is 1350. The molecule has 0 amide bonds. The fourth-order valence-electron chi connectivity index (χ4n) is 4.29. The Kier molecular flexibility index (Phi) is 8.10. The summed E-state index contributed by atoms with van der Waals surface area (Å²) in [5.41, 5.74) is 4.14. The van der Waals surface area contributed by atoms with Crippen LogP contribution in [-0.4, -0.2) is 34.2 Å². The summed E-state index contributed by atoms with van der Waals surface area (Å²) in [4.78, 5) is 25.3. The van der Waals surface area contributed by atoms with Crippen molar-refractivity contribution in [2.75, 3.05) is 29.9 Å². The topological polar surface area (TPSA) is 63.1 Å². The molecule has 2 aromatic heterocycles. The Morgan fingerprint density at radius 3 is 2.42 bits per heavy atom. The fourth-order valence-corrected chi connectivity index (χ4v) is 4.29. The van der Waals surface area contributed by atoms with Gasteiger partial charge in [-0.1, -0.05) is 42.5 Å². The number of aryl methyl sites for hydroxylation is 1. The number of nitrogens with one attached hydrogen (secondary N) is 1. The molecular weight excluding hydrogens is 453 g/mol. The van der Waals surface area contributed by atoms with Gasteiger partial charge in [-0.25, -0.2) is 9.37 Å². The van der Waals surface area contributed by atoms with E-state index in [1.54, 1.807) is 25.4 Å². The van der Waals surface area contributed by atoms with E-state index in [0.29, 0.717) is 35.0 Å². The highest BCUT2D eigenvalue weighted by molar-refractivity contribution is 5.80. The van der Waals surface area contributed by atoms with Crippen LogP contribution in [0.5, 0.6) is 0 Å². The van der Waals surface area contributed by atoms with Gasteiger partial charge in [0.2, 0.25) is 5.95 Å². The van der Waals surface area contributed by atoms with E-state index >= 15 is 0 Å². The van der Waals surface area contributed by atoms with Crippen LogP contribution in [-0.2, 0) is 13.5 Å². The Hall–Kier alpha value is -4.00. The molecule has 36 heavy (non-hydrogen) atoms. The van der Waals surface area contributed by atoms with Gasteiger partial charge in [-0.05, 0) is 62.1 Å². The molecule has 0 saturated carbocycles. The first-order chi connectivity index (χ1) is 17.5. The molecule has 0 spiro atoms. The number of aromatic nitrogens is 3. The number of nitrogens with zero attached hydrogens (tertiary/aromatic N) is 4. The van der Waals surface area contributed by atoms with Crippen LogP contribution < -0.4 is 15.8 Å². The number of hydrogen-bond acceptors (Lipinski definition) is 5. The minimum Gasteiger partial charge on any atom is -0.372 e. The largest absolute Gasteiger partial charge is 0.372 e. The van der Waals surface area contributed by atoms with Crippen LogP contribution in [0.4, 0.5) is 16.0 Å². The van der Waals surface area contributed by atoms with Crippen molar-refractivity contribution in [1.29, 1.82) is 0 Å². The third kappa shape index (κ3) is 5.62. The number of rotatable bonds is 10. The predicted octanol–water partition coefficient (Wildman–Crippen LogP) is 5.54. The maximum Gasteiger partial charge on any atom is 0.263 e. The number of pyridine rings is 1. The van der Waals surface area contributed by atoms with Gasteiger partial charge in [-0.2, -0.15) is 0 Å². The van der Waals surface area contributed by atoms with Crippen LogP contribution in [0.1, 0.15) is 25.8 Å². The van der Waals surface area contributed by atoms with E-state index in [2.05, 4.69) is 41.2 Å². The van der Waals surface area contributed by atoms with Gasteiger partial charge in [0, 0.05) is 38.6 Å². The van der Waals surface area contributed by atoms with Gasteiger partial charge in [0.1, 0.15) is 11.5 Å². The molecule has 0 aliphatic rings. The molecule has 0 radical (unpaired) electrons. The Morgan fingerprint density at radius 1 is 1.00 bits per heavy atom. The molecule has 0 aliphatic carbocycles. The van der Waals surface area contributed by atoms with Crippen LogP contribution in [0.15, 0.2) is 77.7 Å². The van der Waals surface area contributed by atoms with Crippen molar-refractivity contribution in [2.24, 2.45) is 7.05 Å². The Labute approximate surface area is 211 Å². The molecule has 0 unspecified atom stereocenters. The number of hydrogen-bond donors (Lipinski definition) is 1. The highest BCUT2D eigenvalue weighted by atomic mass is 19.1. The molecular formula is C29H32FN5O. The minimum atomic E-state index is -0.358. The molecule has 1 N–H and O–H groups in total. The Balaban J connectivity index is 1.73. The van der Waals surface area contributed by atoms with E-state index < -0.39 is 0 Å². The molecule has 4 aromatic rings. The zero-order chi connectivity index (χ0) is 25.5. The number of halogens is 1. The molecule has 0 saturated heterocycles. The van der Waals surface area contributed by atoms with Gasteiger partial charge in [-0.3, -0.25) is 14.3 Å². The van der Waals surface area contributed by atoms with Gasteiger partial charge < -0.3 is 10.2 Å². The normalized spacial score (nSPS) is 10.9. The molecule has 2 aromatic carbocycles. The number of anilines is 2. The third-order valence-corrected chi connectivity index (χ3v) is 6.31. The molecule has 2 heterocycles. The quantitative estimate of drug-likeness (QED) is 0.299. The lowest BCUT2D eigenvalue weighted by atomic mass is 10.0. The molecule has 4 rings (SSSR count). The van der Waals surface area contributed by atoms with Crippen LogP contribution in [0.2, 0.25) is 0 Å². The lowest BCUT2D eigenvalue weighted by Gasteiger charge is -2.22. The van der Waals surface area contributed by atoms with Crippen molar-refractivity contribution in [3.63, 3.8) is 0 Å². The SMILES string of the molecule is CCN(CC)c1ccnc(-c2nc(NCCCc3ccccc3)n(C)c(=O)c2-c2ccc(F)cc2)c1. The van der Waals surface area contributed by atoms with Crippen molar-refractivity contribution < 1.29 is 4.39 Å². The first-order valence-corrected chi connectivity index (χ1v) is 12.4. The van der Waals surface area contributed by atoms with Crippen LogP contribution >= 0.6 is 0 Å². The maximum atomic E-state index is 13.7. The average molecular weight is 486 g/mol. The summed E-state index contributed by atoms with van der Waals surface area (Å²) in [5.74, 6) is 0.118. The first-order valence-electron chi connectivity index (χ1n) is 12.4. The standard InChI is InChI=1S/C29H32FN5O/c1-4-35(5-2)24-17-19-31-25(20-24)27-26(22-13-15-23(30)16-14-22)28(36)34(3)29(33-27)32-18-9-12-21-10-7-6-8-11-21/h6-8,10-11,13-17,19-20H,4-5,9,12,18H2,1-3H3,(H,32,33). The van der Waals surface area contributed by atoms with Crippen molar-refractivity contribution in [2.45, 2.75) is 26.7 Å². The molecule has 7 heteroatoms. The van der Waals surface area contributed by atoms with Crippen molar-refractivity contribution in [3.05, 3.63) is 94.7 Å². The molecule has 186 valence electrons. The second-order valence-electron chi connectivity index (χ2n) is 8.62. The summed E-state index contributed by atoms with van der Waals surface area (Å²) in [5, 5.41) is 3.34. The highest BCUT2D eigenvalue weighted by Crippen LogP contribution is 2.30. The Morgan fingerprint density at radius 2 is 1.72 bits per heavy atom. The summed E-state index contributed by atoms with van der Waals surface area (Å²) in [7, 11) is 1.70. The van der Waals surface area contributed by atoms with Gasteiger partial charge in [0.25, 0.3) is 5.56 Å². The predicted molar refractivity (Wildman–Crippen MR) is 145 cm³/mol. The molecule has 0 fully saturated rings. The van der Waals surface area contributed by atoms with Crippen molar-refractivity contribution in [1.82, 2.24) is 14.5 Å². The van der Waals surface area contributed by atoms with Crippen LogP contribution in [0, 0.1) is 5.82 Å². The third-order valence-electron chi connectivity index (χ3n) is 6.31. The summed E-state index contributed by atoms with van der Waals surface area (Å²) in [6.07, 6.45) is 3.56. The second kappa shape index (κ2) is 11.6. The monoisotopic (exact) mass is 485 g/mol. The first kappa shape index (κ1) is 25.1. The van der Waals surface area contributed by atoms with E-state index in [-0.39, 0.29) is 11.4 Å². The van der Waals surface area contributed by atoms with Crippen LogP contribution in [0.25, 0.3) is 22.5 Å². The molecule has 0 aliphatic heterocycles. The van der Waals surface area contributed by atoms with E-state index in [1.165, 1.54) is 22.3 Å². The zero-order valence-electron chi connectivity index (χ0n) is 21.0. The van der Waals surface area contributed by atoms with E-state index in [1.807, 2.05) is 30.3 Å². The van der Waals surface area contributed by atoms with Crippen molar-refractivity contribution in [3.8, 4) is 22.5 Å². The van der Waals surface area contributed by atoms with Gasteiger partial charge in [-0.15, -0.1) is 0 Å². The number of benzene rings is 2. The van der Waals surface area contributed by atoms with E-state index in [0.717, 1.165) is 31.6 Å². The molecule has 0 atom stereocenters. The summed E-state index contributed by atoms with van der Waals surface area (Å²) in [6, 6.07) is 20.1. The molecule has 0 bridgehead atoms. The summed E-state index contributed by atoms with van der Waals surface area (Å²) in [6.45, 7) is 6.56. The van der Waals surface area contributed by atoms with Crippen molar-refractivity contribution >= 4 is 11.6 Å².